The second-order valence-electron chi connectivity index (χ2n) is 12.0. The molecule has 32 heavy (non-hydrogen) atoms. The third-order valence-corrected chi connectivity index (χ3v) is 13.3. The summed E-state index contributed by atoms with van der Waals surface area (Å²) in [7, 11) is 1.49. The Morgan fingerprint density at radius 1 is 0.812 bits per heavy atom. The van der Waals surface area contributed by atoms with Gasteiger partial charge in [0, 0.05) is 23.8 Å². The first-order valence-corrected chi connectivity index (χ1v) is 17.2. The first kappa shape index (κ1) is 25.5. The zero-order valence-corrected chi connectivity index (χ0v) is 24.5. The molecule has 3 rings (SSSR count). The second kappa shape index (κ2) is 8.90. The van der Waals surface area contributed by atoms with Crippen LogP contribution in [0.3, 0.4) is 0 Å². The Kier molecular flexibility index (Phi) is 7.09. The van der Waals surface area contributed by atoms with Crippen molar-refractivity contribution in [3.63, 3.8) is 0 Å². The van der Waals surface area contributed by atoms with Gasteiger partial charge in [0.15, 0.2) is 0 Å². The monoisotopic (exact) mass is 484 g/mol. The van der Waals surface area contributed by atoms with Crippen molar-refractivity contribution >= 4 is 30.4 Å². The molecule has 0 saturated heterocycles. The minimum atomic E-state index is -1.47. The molecule has 2 nitrogen and oxygen atoms in total. The van der Waals surface area contributed by atoms with E-state index in [2.05, 4.69) is 123 Å². The zero-order chi connectivity index (χ0) is 23.9. The van der Waals surface area contributed by atoms with E-state index in [1.165, 1.54) is 27.7 Å². The normalized spacial score (nSPS) is 13.7. The van der Waals surface area contributed by atoms with Crippen LogP contribution < -0.4 is 5.19 Å². The number of aromatic nitrogens is 2. The second-order valence-corrected chi connectivity index (χ2v) is 21.8. The maximum atomic E-state index is 3.54. The van der Waals surface area contributed by atoms with Crippen LogP contribution >= 0.6 is 17.2 Å². The fourth-order valence-electron chi connectivity index (χ4n) is 4.79. The molecule has 2 heterocycles. The van der Waals surface area contributed by atoms with E-state index in [0.29, 0.717) is 0 Å². The molecule has 5 heteroatoms. The Bertz CT molecular complexity index is 969. The van der Waals surface area contributed by atoms with E-state index in [0.717, 1.165) is 6.16 Å². The van der Waals surface area contributed by atoms with Crippen LogP contribution in [0.5, 0.6) is 0 Å². The predicted molar refractivity (Wildman–Crippen MR) is 151 cm³/mol. The molecule has 2 N–H and O–H groups in total. The number of aromatic amines is 2. The summed E-state index contributed by atoms with van der Waals surface area (Å²) in [5.41, 5.74) is 5.29. The third-order valence-electron chi connectivity index (χ3n) is 6.39. The zero-order valence-electron chi connectivity index (χ0n) is 21.4. The van der Waals surface area contributed by atoms with Crippen molar-refractivity contribution in [3.8, 4) is 0 Å². The van der Waals surface area contributed by atoms with Crippen LogP contribution in [0, 0.1) is 0 Å². The molecule has 0 saturated carbocycles. The van der Waals surface area contributed by atoms with Crippen molar-refractivity contribution in [2.45, 2.75) is 82.8 Å². The van der Waals surface area contributed by atoms with Gasteiger partial charge in [-0.1, -0.05) is 92.5 Å². The Morgan fingerprint density at radius 2 is 1.31 bits per heavy atom. The van der Waals surface area contributed by atoms with Crippen molar-refractivity contribution in [1.82, 2.24) is 9.97 Å². The molecule has 0 bridgehead atoms. The average molecular weight is 485 g/mol. The van der Waals surface area contributed by atoms with Gasteiger partial charge in [0.2, 0.25) is 0 Å². The minimum Gasteiger partial charge on any atom is -0.364 e. The summed E-state index contributed by atoms with van der Waals surface area (Å²) in [5.74, 6) is 0. The number of H-pyrrole nitrogens is 2. The van der Waals surface area contributed by atoms with E-state index in [4.69, 9.17) is 0 Å². The highest BCUT2D eigenvalue weighted by Gasteiger charge is 2.39. The van der Waals surface area contributed by atoms with Gasteiger partial charge in [0.25, 0.3) is 0 Å². The number of hydrogen-bond donors (Lipinski definition) is 2. The molecular weight excluding hydrogens is 442 g/mol. The summed E-state index contributed by atoms with van der Waals surface area (Å²) < 4.78 is 0. The van der Waals surface area contributed by atoms with Gasteiger partial charge in [0.05, 0.1) is 13.2 Å². The number of rotatable bonds is 6. The molecule has 174 valence electrons. The van der Waals surface area contributed by atoms with Crippen molar-refractivity contribution in [2.75, 3.05) is 0 Å². The summed E-state index contributed by atoms with van der Waals surface area (Å²) in [6.45, 7) is 21.8. The first-order valence-electron chi connectivity index (χ1n) is 11.6. The first-order chi connectivity index (χ1) is 14.6. The van der Waals surface area contributed by atoms with Crippen LogP contribution in [-0.2, 0) is 11.3 Å². The fourth-order valence-corrected chi connectivity index (χ4v) is 10.2. The predicted octanol–water partition coefficient (Wildman–Crippen LogP) is 7.63. The van der Waals surface area contributed by atoms with Gasteiger partial charge >= 0.3 is 0 Å². The highest BCUT2D eigenvalue weighted by atomic mass is 31.1. The lowest BCUT2D eigenvalue weighted by Crippen LogP contribution is -2.39. The van der Waals surface area contributed by atoms with Crippen molar-refractivity contribution in [3.05, 3.63) is 77.4 Å². The highest BCUT2D eigenvalue weighted by Crippen LogP contribution is 2.62. The quantitative estimate of drug-likeness (QED) is 0.266. The molecule has 0 spiro atoms. The van der Waals surface area contributed by atoms with Crippen molar-refractivity contribution in [2.24, 2.45) is 0 Å². The van der Waals surface area contributed by atoms with Crippen LogP contribution in [0.1, 0.15) is 64.1 Å². The van der Waals surface area contributed by atoms with Crippen LogP contribution in [-0.4, -0.2) is 28.4 Å². The van der Waals surface area contributed by atoms with E-state index < -0.39 is 8.07 Å². The van der Waals surface area contributed by atoms with Gasteiger partial charge in [-0.2, -0.15) is 0 Å². The fraction of sp³-hybridized carbons (Fsp3) is 0.481. The molecule has 0 aliphatic rings. The molecule has 0 radical (unpaired) electrons. The lowest BCUT2D eigenvalue weighted by Gasteiger charge is -2.43. The van der Waals surface area contributed by atoms with Crippen LogP contribution in [0.4, 0.5) is 0 Å². The van der Waals surface area contributed by atoms with E-state index >= 15 is 0 Å². The van der Waals surface area contributed by atoms with Gasteiger partial charge in [-0.3, -0.25) is 0 Å². The van der Waals surface area contributed by atoms with E-state index in [9.17, 15) is 0 Å². The Labute approximate surface area is 200 Å². The number of nitrogens with one attached hydrogen (secondary N) is 2. The molecule has 2 aromatic heterocycles. The van der Waals surface area contributed by atoms with Crippen molar-refractivity contribution < 1.29 is 0 Å². The SMILES string of the molecule is CC(C)(C)P(Cc1ccc([Si](C)(C)C)cc1C(P)(c1ccc[nH]1)c1ccc[nH]1)C(C)(C)C. The number of hydrogen-bond acceptors (Lipinski definition) is 0. The van der Waals surface area contributed by atoms with Gasteiger partial charge < -0.3 is 9.97 Å². The summed E-state index contributed by atoms with van der Waals surface area (Å²) in [5, 5.41) is 1.74. The lowest BCUT2D eigenvalue weighted by molar-refractivity contribution is 0.701. The van der Waals surface area contributed by atoms with Crippen molar-refractivity contribution in [1.29, 1.82) is 0 Å². The number of benzene rings is 1. The van der Waals surface area contributed by atoms with Gasteiger partial charge in [-0.25, -0.2) is 0 Å². The average Bonchev–Trinajstić information content (AvgIpc) is 3.36. The van der Waals surface area contributed by atoms with Gasteiger partial charge in [0.1, 0.15) is 0 Å². The lowest BCUT2D eigenvalue weighted by atomic mass is 9.88. The molecule has 0 fully saturated rings. The third kappa shape index (κ3) is 5.16. The standard InChI is InChI=1S/C27H42N2P2Si/c1-25(2,3)31(26(4,5)6)19-20-14-15-21(32(7,8)9)18-22(20)27(30,23-12-10-16-28-23)24-13-11-17-29-24/h10-18,28-29H,19,30H2,1-9H3. The van der Waals surface area contributed by atoms with Crippen LogP contribution in [0.25, 0.3) is 0 Å². The Balaban J connectivity index is 2.29. The molecule has 0 amide bonds. The summed E-state index contributed by atoms with van der Waals surface area (Å²) >= 11 is 0. The van der Waals surface area contributed by atoms with E-state index in [1.807, 2.05) is 12.4 Å². The maximum Gasteiger partial charge on any atom is 0.0891 e. The molecule has 1 aromatic carbocycles. The molecule has 3 aromatic rings. The molecule has 1 unspecified atom stereocenters. The van der Waals surface area contributed by atoms with E-state index in [-0.39, 0.29) is 23.4 Å². The molecular formula is C27H42N2P2Si. The minimum absolute atomic E-state index is 0.253. The highest BCUT2D eigenvalue weighted by molar-refractivity contribution is 7.60. The maximum absolute atomic E-state index is 3.54. The smallest absolute Gasteiger partial charge is 0.0891 e. The summed E-state index contributed by atoms with van der Waals surface area (Å²) in [6.07, 6.45) is 5.20. The molecule has 0 aliphatic heterocycles. The largest absolute Gasteiger partial charge is 0.364 e. The molecule has 1 atom stereocenters. The van der Waals surface area contributed by atoms with E-state index in [1.54, 1.807) is 0 Å². The van der Waals surface area contributed by atoms with Crippen LogP contribution in [0.15, 0.2) is 54.9 Å². The van der Waals surface area contributed by atoms with Gasteiger partial charge in [-0.15, -0.1) is 9.24 Å². The summed E-state index contributed by atoms with van der Waals surface area (Å²) in [6, 6.07) is 16.0. The molecule has 0 aliphatic carbocycles. The summed E-state index contributed by atoms with van der Waals surface area (Å²) in [4.78, 5) is 7.08. The topological polar surface area (TPSA) is 31.6 Å². The Hall–Kier alpha value is -1.14. The van der Waals surface area contributed by atoms with Crippen LogP contribution in [0.2, 0.25) is 19.6 Å². The van der Waals surface area contributed by atoms with Gasteiger partial charge in [-0.05, 0) is 51.9 Å². The Morgan fingerprint density at radius 3 is 1.69 bits per heavy atom.